The van der Waals surface area contributed by atoms with Crippen LogP contribution in [0, 0.1) is 0 Å². The lowest BCUT2D eigenvalue weighted by Crippen LogP contribution is -2.37. The van der Waals surface area contributed by atoms with Gasteiger partial charge in [0.2, 0.25) is 0 Å². The van der Waals surface area contributed by atoms with Crippen molar-refractivity contribution in [2.75, 3.05) is 0 Å². The first-order chi connectivity index (χ1) is 11.6. The first kappa shape index (κ1) is 16.6. The third-order valence-corrected chi connectivity index (χ3v) is 4.66. The van der Waals surface area contributed by atoms with Crippen molar-refractivity contribution in [2.45, 2.75) is 51.7 Å². The number of carbonyl (C=O) groups excluding carboxylic acids is 1. The summed E-state index contributed by atoms with van der Waals surface area (Å²) in [5, 5.41) is 3.06. The minimum Gasteiger partial charge on any atom is -0.481 e. The molecule has 0 fully saturated rings. The molecule has 1 aliphatic rings. The summed E-state index contributed by atoms with van der Waals surface area (Å²) in [4.78, 5) is 12.4. The molecule has 3 heteroatoms. The number of amides is 1. The van der Waals surface area contributed by atoms with Gasteiger partial charge in [0.25, 0.3) is 5.91 Å². The van der Waals surface area contributed by atoms with Crippen LogP contribution >= 0.6 is 0 Å². The van der Waals surface area contributed by atoms with Crippen LogP contribution in [0.5, 0.6) is 5.75 Å². The van der Waals surface area contributed by atoms with Crippen molar-refractivity contribution in [1.82, 2.24) is 5.32 Å². The Morgan fingerprint density at radius 2 is 1.71 bits per heavy atom. The standard InChI is InChI=1S/C21H25NO2/c1-15(18-13-12-17-8-6-7-9-19(17)14-18)22-21(23)16(2)24-20-10-4-3-5-11-20/h3-5,10-16H,6-9H2,1-2H3,(H,22,23). The number of carbonyl (C=O) groups is 1. The van der Waals surface area contributed by atoms with Crippen molar-refractivity contribution < 1.29 is 9.53 Å². The van der Waals surface area contributed by atoms with E-state index in [1.54, 1.807) is 6.92 Å². The molecule has 1 aliphatic carbocycles. The van der Waals surface area contributed by atoms with Crippen molar-refractivity contribution in [1.29, 1.82) is 0 Å². The molecule has 0 saturated heterocycles. The molecule has 2 atom stereocenters. The summed E-state index contributed by atoms with van der Waals surface area (Å²) in [7, 11) is 0. The maximum Gasteiger partial charge on any atom is 0.261 e. The van der Waals surface area contributed by atoms with Gasteiger partial charge < -0.3 is 10.1 Å². The molecule has 2 unspecified atom stereocenters. The Bertz CT molecular complexity index is 696. The summed E-state index contributed by atoms with van der Waals surface area (Å²) in [6.45, 7) is 3.81. The molecule has 0 bridgehead atoms. The average Bonchev–Trinajstić information content (AvgIpc) is 2.62. The van der Waals surface area contributed by atoms with Crippen LogP contribution in [0.2, 0.25) is 0 Å². The molecule has 0 radical (unpaired) electrons. The minimum atomic E-state index is -0.521. The van der Waals surface area contributed by atoms with Gasteiger partial charge in [-0.1, -0.05) is 36.4 Å². The Balaban J connectivity index is 1.61. The molecule has 1 N–H and O–H groups in total. The van der Waals surface area contributed by atoms with Crippen LogP contribution in [0.15, 0.2) is 48.5 Å². The van der Waals surface area contributed by atoms with Gasteiger partial charge in [0.1, 0.15) is 5.75 Å². The average molecular weight is 323 g/mol. The van der Waals surface area contributed by atoms with Gasteiger partial charge in [-0.15, -0.1) is 0 Å². The fraction of sp³-hybridized carbons (Fsp3) is 0.381. The van der Waals surface area contributed by atoms with E-state index in [-0.39, 0.29) is 11.9 Å². The van der Waals surface area contributed by atoms with Gasteiger partial charge in [-0.3, -0.25) is 4.79 Å². The number of nitrogens with one attached hydrogen (secondary N) is 1. The highest BCUT2D eigenvalue weighted by atomic mass is 16.5. The molecule has 0 spiro atoms. The van der Waals surface area contributed by atoms with Crippen molar-refractivity contribution in [3.63, 3.8) is 0 Å². The quantitative estimate of drug-likeness (QED) is 0.895. The van der Waals surface area contributed by atoms with E-state index in [2.05, 4.69) is 23.5 Å². The fourth-order valence-corrected chi connectivity index (χ4v) is 3.19. The lowest BCUT2D eigenvalue weighted by molar-refractivity contribution is -0.127. The highest BCUT2D eigenvalue weighted by Gasteiger charge is 2.19. The Morgan fingerprint density at radius 3 is 2.46 bits per heavy atom. The molecule has 24 heavy (non-hydrogen) atoms. The van der Waals surface area contributed by atoms with Gasteiger partial charge in [0, 0.05) is 0 Å². The molecular weight excluding hydrogens is 298 g/mol. The van der Waals surface area contributed by atoms with Crippen molar-refractivity contribution in [3.8, 4) is 5.75 Å². The predicted octanol–water partition coefficient (Wildman–Crippen LogP) is 4.21. The summed E-state index contributed by atoms with van der Waals surface area (Å²) in [6, 6.07) is 16.0. The van der Waals surface area contributed by atoms with Crippen molar-refractivity contribution in [3.05, 3.63) is 65.2 Å². The van der Waals surface area contributed by atoms with E-state index in [1.807, 2.05) is 37.3 Å². The Kier molecular flexibility index (Phi) is 5.19. The highest BCUT2D eigenvalue weighted by molar-refractivity contribution is 5.81. The van der Waals surface area contributed by atoms with Crippen LogP contribution in [0.4, 0.5) is 0 Å². The topological polar surface area (TPSA) is 38.3 Å². The van der Waals surface area contributed by atoms with Gasteiger partial charge in [-0.05, 0) is 68.4 Å². The SMILES string of the molecule is CC(Oc1ccccc1)C(=O)NC(C)c1ccc2c(c1)CCCC2. The van der Waals surface area contributed by atoms with Gasteiger partial charge in [-0.25, -0.2) is 0 Å². The van der Waals surface area contributed by atoms with Gasteiger partial charge >= 0.3 is 0 Å². The second kappa shape index (κ2) is 7.52. The molecule has 3 nitrogen and oxygen atoms in total. The fourth-order valence-electron chi connectivity index (χ4n) is 3.19. The van der Waals surface area contributed by atoms with E-state index < -0.39 is 6.10 Å². The molecule has 2 aromatic carbocycles. The molecule has 126 valence electrons. The van der Waals surface area contributed by atoms with Gasteiger partial charge in [0.05, 0.1) is 6.04 Å². The largest absolute Gasteiger partial charge is 0.481 e. The monoisotopic (exact) mass is 323 g/mol. The number of benzene rings is 2. The summed E-state index contributed by atoms with van der Waals surface area (Å²) in [5.41, 5.74) is 4.06. The number of aryl methyl sites for hydroxylation is 2. The zero-order valence-corrected chi connectivity index (χ0v) is 14.4. The van der Waals surface area contributed by atoms with Crippen LogP contribution in [-0.2, 0) is 17.6 Å². The summed E-state index contributed by atoms with van der Waals surface area (Å²) < 4.78 is 5.69. The summed E-state index contributed by atoms with van der Waals surface area (Å²) in [5.74, 6) is 0.616. The molecule has 0 saturated carbocycles. The first-order valence-corrected chi connectivity index (χ1v) is 8.77. The Morgan fingerprint density at radius 1 is 1.00 bits per heavy atom. The minimum absolute atomic E-state index is 0.0217. The van der Waals surface area contributed by atoms with E-state index in [4.69, 9.17) is 4.74 Å². The normalized spacial score (nSPS) is 15.9. The van der Waals surface area contributed by atoms with E-state index in [9.17, 15) is 4.79 Å². The molecule has 0 aliphatic heterocycles. The molecule has 0 heterocycles. The van der Waals surface area contributed by atoms with E-state index in [1.165, 1.54) is 30.4 Å². The third kappa shape index (κ3) is 3.97. The van der Waals surface area contributed by atoms with Crippen LogP contribution in [0.25, 0.3) is 0 Å². The molecular formula is C21H25NO2. The predicted molar refractivity (Wildman–Crippen MR) is 96.2 cm³/mol. The second-order valence-corrected chi connectivity index (χ2v) is 6.54. The number of hydrogen-bond donors (Lipinski definition) is 1. The van der Waals surface area contributed by atoms with Gasteiger partial charge in [-0.2, -0.15) is 0 Å². The zero-order valence-electron chi connectivity index (χ0n) is 14.4. The van der Waals surface area contributed by atoms with E-state index >= 15 is 0 Å². The van der Waals surface area contributed by atoms with E-state index in [0.717, 1.165) is 12.0 Å². The Labute approximate surface area is 144 Å². The number of rotatable bonds is 5. The van der Waals surface area contributed by atoms with Crippen LogP contribution < -0.4 is 10.1 Å². The Hall–Kier alpha value is -2.29. The van der Waals surface area contributed by atoms with E-state index in [0.29, 0.717) is 5.75 Å². The number of fused-ring (bicyclic) bond motifs is 1. The third-order valence-electron chi connectivity index (χ3n) is 4.66. The summed E-state index contributed by atoms with van der Waals surface area (Å²) in [6.07, 6.45) is 4.36. The first-order valence-electron chi connectivity index (χ1n) is 8.77. The smallest absolute Gasteiger partial charge is 0.261 e. The van der Waals surface area contributed by atoms with Crippen molar-refractivity contribution >= 4 is 5.91 Å². The molecule has 0 aromatic heterocycles. The molecule has 2 aromatic rings. The number of ether oxygens (including phenoxy) is 1. The van der Waals surface area contributed by atoms with Gasteiger partial charge in [0.15, 0.2) is 6.10 Å². The number of para-hydroxylation sites is 1. The lowest BCUT2D eigenvalue weighted by atomic mass is 9.89. The second-order valence-electron chi connectivity index (χ2n) is 6.54. The highest BCUT2D eigenvalue weighted by Crippen LogP contribution is 2.25. The lowest BCUT2D eigenvalue weighted by Gasteiger charge is -2.21. The summed E-state index contributed by atoms with van der Waals surface area (Å²) >= 11 is 0. The number of hydrogen-bond acceptors (Lipinski definition) is 2. The van der Waals surface area contributed by atoms with Crippen molar-refractivity contribution in [2.24, 2.45) is 0 Å². The molecule has 1 amide bonds. The van der Waals surface area contributed by atoms with Crippen LogP contribution in [-0.4, -0.2) is 12.0 Å². The molecule has 3 rings (SSSR count). The zero-order chi connectivity index (χ0) is 16.9. The van der Waals surface area contributed by atoms with Crippen LogP contribution in [0.3, 0.4) is 0 Å². The maximum atomic E-state index is 12.4. The van der Waals surface area contributed by atoms with Crippen LogP contribution in [0.1, 0.15) is 49.4 Å². The maximum absolute atomic E-state index is 12.4.